The largest absolute Gasteiger partial charge is 0.462 e. The highest BCUT2D eigenvalue weighted by Crippen LogP contribution is 2.14. The van der Waals surface area contributed by atoms with E-state index in [0.29, 0.717) is 12.8 Å². The van der Waals surface area contributed by atoms with Crippen molar-refractivity contribution in [3.8, 4) is 0 Å². The van der Waals surface area contributed by atoms with Crippen LogP contribution in [-0.2, 0) is 28.6 Å². The Bertz CT molecular complexity index is 818. The fourth-order valence-electron chi connectivity index (χ4n) is 5.87. The summed E-state index contributed by atoms with van der Waals surface area (Å²) < 4.78 is 16.5. The summed E-state index contributed by atoms with van der Waals surface area (Å²) in [4.78, 5) is 37.3. The standard InChI is InChI=1S/C45H82O6/c1-7-41(6)36-45(48)51-42(37-49-43(46)34-30-26-22-18-14-10-8-12-16-20-24-28-32-39(2)3)38-50-44(47)35-31-27-23-19-15-11-9-13-17-21-25-29-33-40(4)5/h8-9,12-13,39-42H,7,10-11,14-38H2,1-6H3/b12-8-,13-9-. The SMILES string of the molecule is CCC(C)CC(=O)OC(COC(=O)CCCCCCC/C=C\CCCCCC(C)C)COC(=O)CCCCCCC/C=C\CCCCCC(C)C. The van der Waals surface area contributed by atoms with Crippen molar-refractivity contribution in [2.45, 2.75) is 215 Å². The van der Waals surface area contributed by atoms with Crippen LogP contribution < -0.4 is 0 Å². The Balaban J connectivity index is 4.12. The van der Waals surface area contributed by atoms with E-state index in [1.807, 2.05) is 13.8 Å². The molecule has 0 fully saturated rings. The van der Waals surface area contributed by atoms with E-state index in [2.05, 4.69) is 52.0 Å². The molecule has 0 radical (unpaired) electrons. The lowest BCUT2D eigenvalue weighted by Gasteiger charge is -2.19. The molecule has 1 unspecified atom stereocenters. The topological polar surface area (TPSA) is 78.9 Å². The van der Waals surface area contributed by atoms with Crippen molar-refractivity contribution >= 4 is 17.9 Å². The highest BCUT2D eigenvalue weighted by molar-refractivity contribution is 5.71. The minimum atomic E-state index is -0.782. The summed E-state index contributed by atoms with van der Waals surface area (Å²) in [7, 11) is 0. The number of allylic oxidation sites excluding steroid dienone is 4. The van der Waals surface area contributed by atoms with Gasteiger partial charge in [0, 0.05) is 19.3 Å². The van der Waals surface area contributed by atoms with Crippen molar-refractivity contribution in [2.24, 2.45) is 17.8 Å². The molecule has 6 heteroatoms. The maximum Gasteiger partial charge on any atom is 0.306 e. The number of esters is 3. The number of hydrogen-bond acceptors (Lipinski definition) is 6. The van der Waals surface area contributed by atoms with Crippen LogP contribution >= 0.6 is 0 Å². The number of rotatable bonds is 36. The summed E-state index contributed by atoms with van der Waals surface area (Å²) in [6.07, 6.45) is 36.2. The number of hydrogen-bond donors (Lipinski definition) is 0. The summed E-state index contributed by atoms with van der Waals surface area (Å²) in [6, 6.07) is 0. The molecular weight excluding hydrogens is 636 g/mol. The van der Waals surface area contributed by atoms with Crippen LogP contribution in [0.2, 0.25) is 0 Å². The quantitative estimate of drug-likeness (QED) is 0.0278. The molecule has 6 nitrogen and oxygen atoms in total. The Morgan fingerprint density at radius 2 is 0.824 bits per heavy atom. The first-order valence-corrected chi connectivity index (χ1v) is 21.4. The third-order valence-electron chi connectivity index (χ3n) is 9.51. The molecule has 0 aromatic carbocycles. The number of unbranched alkanes of at least 4 members (excludes halogenated alkanes) is 16. The summed E-state index contributed by atoms with van der Waals surface area (Å²) in [6.45, 7) is 13.0. The zero-order chi connectivity index (χ0) is 37.8. The molecule has 0 rings (SSSR count). The summed E-state index contributed by atoms with van der Waals surface area (Å²) in [5.41, 5.74) is 0. The monoisotopic (exact) mass is 719 g/mol. The maximum absolute atomic E-state index is 12.5. The lowest BCUT2D eigenvalue weighted by atomic mass is 10.0. The van der Waals surface area contributed by atoms with Crippen LogP contribution in [0, 0.1) is 17.8 Å². The molecule has 0 aliphatic rings. The number of carbonyl (C=O) groups excluding carboxylic acids is 3. The lowest BCUT2D eigenvalue weighted by Crippen LogP contribution is -2.31. The summed E-state index contributed by atoms with van der Waals surface area (Å²) in [5.74, 6) is 0.878. The Kier molecular flexibility index (Phi) is 34.8. The molecule has 0 aromatic heterocycles. The van der Waals surface area contributed by atoms with Gasteiger partial charge >= 0.3 is 17.9 Å². The molecular formula is C45H82O6. The summed E-state index contributed by atoms with van der Waals surface area (Å²) >= 11 is 0. The van der Waals surface area contributed by atoms with Gasteiger partial charge in [-0.25, -0.2) is 0 Å². The van der Waals surface area contributed by atoms with E-state index in [1.54, 1.807) is 0 Å². The van der Waals surface area contributed by atoms with Gasteiger partial charge < -0.3 is 14.2 Å². The van der Waals surface area contributed by atoms with Crippen molar-refractivity contribution in [1.29, 1.82) is 0 Å². The van der Waals surface area contributed by atoms with Crippen LogP contribution in [0.1, 0.15) is 208 Å². The van der Waals surface area contributed by atoms with E-state index < -0.39 is 6.10 Å². The highest BCUT2D eigenvalue weighted by atomic mass is 16.6. The van der Waals surface area contributed by atoms with Gasteiger partial charge in [-0.1, -0.05) is 149 Å². The van der Waals surface area contributed by atoms with Gasteiger partial charge in [-0.3, -0.25) is 14.4 Å². The molecule has 0 heterocycles. The van der Waals surface area contributed by atoms with Crippen molar-refractivity contribution in [3.05, 3.63) is 24.3 Å². The van der Waals surface area contributed by atoms with Gasteiger partial charge in [0.2, 0.25) is 0 Å². The van der Waals surface area contributed by atoms with Gasteiger partial charge in [-0.2, -0.15) is 0 Å². The highest BCUT2D eigenvalue weighted by Gasteiger charge is 2.20. The van der Waals surface area contributed by atoms with Gasteiger partial charge in [-0.15, -0.1) is 0 Å². The van der Waals surface area contributed by atoms with E-state index >= 15 is 0 Å². The predicted molar refractivity (Wildman–Crippen MR) is 215 cm³/mol. The normalized spacial score (nSPS) is 12.5. The van der Waals surface area contributed by atoms with Gasteiger partial charge in [0.15, 0.2) is 6.10 Å². The third kappa shape index (κ3) is 37.5. The molecule has 0 amide bonds. The van der Waals surface area contributed by atoms with Crippen LogP contribution in [0.4, 0.5) is 0 Å². The molecule has 0 bridgehead atoms. The second-order valence-electron chi connectivity index (χ2n) is 15.8. The van der Waals surface area contributed by atoms with Crippen LogP contribution in [0.3, 0.4) is 0 Å². The third-order valence-corrected chi connectivity index (χ3v) is 9.51. The molecule has 1 atom stereocenters. The fraction of sp³-hybridized carbons (Fsp3) is 0.844. The lowest BCUT2D eigenvalue weighted by molar-refractivity contribution is -0.167. The zero-order valence-corrected chi connectivity index (χ0v) is 34.4. The average molecular weight is 719 g/mol. The van der Waals surface area contributed by atoms with Crippen molar-refractivity contribution in [1.82, 2.24) is 0 Å². The van der Waals surface area contributed by atoms with E-state index in [-0.39, 0.29) is 43.5 Å². The van der Waals surface area contributed by atoms with E-state index in [1.165, 1.54) is 89.9 Å². The second-order valence-corrected chi connectivity index (χ2v) is 15.8. The van der Waals surface area contributed by atoms with Crippen molar-refractivity contribution in [3.63, 3.8) is 0 Å². The van der Waals surface area contributed by atoms with Gasteiger partial charge in [-0.05, 0) is 82.0 Å². The molecule has 51 heavy (non-hydrogen) atoms. The van der Waals surface area contributed by atoms with Gasteiger partial charge in [0.05, 0.1) is 0 Å². The minimum Gasteiger partial charge on any atom is -0.462 e. The Labute approximate surface area is 315 Å². The molecule has 0 saturated carbocycles. The van der Waals surface area contributed by atoms with Crippen LogP contribution in [0.15, 0.2) is 24.3 Å². The molecule has 298 valence electrons. The fourth-order valence-corrected chi connectivity index (χ4v) is 5.87. The first kappa shape index (κ1) is 48.9. The maximum atomic E-state index is 12.5. The molecule has 0 N–H and O–H groups in total. The van der Waals surface area contributed by atoms with E-state index in [4.69, 9.17) is 14.2 Å². The molecule has 0 aliphatic heterocycles. The molecule has 0 aliphatic carbocycles. The minimum absolute atomic E-state index is 0.0883. The van der Waals surface area contributed by atoms with E-state index in [9.17, 15) is 14.4 Å². The Morgan fingerprint density at radius 1 is 0.471 bits per heavy atom. The number of ether oxygens (including phenoxy) is 3. The van der Waals surface area contributed by atoms with Crippen LogP contribution in [0.5, 0.6) is 0 Å². The van der Waals surface area contributed by atoms with Crippen LogP contribution in [0.25, 0.3) is 0 Å². The average Bonchev–Trinajstić information content (AvgIpc) is 3.09. The molecule has 0 spiro atoms. The zero-order valence-electron chi connectivity index (χ0n) is 34.4. The van der Waals surface area contributed by atoms with Crippen LogP contribution in [-0.4, -0.2) is 37.2 Å². The van der Waals surface area contributed by atoms with Crippen molar-refractivity contribution < 1.29 is 28.6 Å². The van der Waals surface area contributed by atoms with E-state index in [0.717, 1.165) is 69.6 Å². The predicted octanol–water partition coefficient (Wildman–Crippen LogP) is 13.2. The second kappa shape index (κ2) is 36.3. The Morgan fingerprint density at radius 3 is 1.20 bits per heavy atom. The first-order chi connectivity index (χ1) is 24.6. The molecule has 0 aromatic rings. The molecule has 0 saturated heterocycles. The van der Waals surface area contributed by atoms with Crippen molar-refractivity contribution in [2.75, 3.05) is 13.2 Å². The first-order valence-electron chi connectivity index (χ1n) is 21.4. The van der Waals surface area contributed by atoms with Gasteiger partial charge in [0.25, 0.3) is 0 Å². The Hall–Kier alpha value is -2.11. The summed E-state index contributed by atoms with van der Waals surface area (Å²) in [5, 5.41) is 0. The van der Waals surface area contributed by atoms with Gasteiger partial charge in [0.1, 0.15) is 13.2 Å². The smallest absolute Gasteiger partial charge is 0.306 e. The number of carbonyl (C=O) groups is 3.